The van der Waals surface area contributed by atoms with Crippen molar-refractivity contribution in [2.24, 2.45) is 7.05 Å². The number of halogens is 4. The van der Waals surface area contributed by atoms with E-state index in [1.165, 1.54) is 17.7 Å². The van der Waals surface area contributed by atoms with Crippen LogP contribution in [0.25, 0.3) is 10.9 Å². The Balaban J connectivity index is 2.67. The van der Waals surface area contributed by atoms with Gasteiger partial charge in [0.05, 0.1) is 17.5 Å². The number of benzene rings is 1. The Morgan fingerprint density at radius 3 is 2.61 bits per heavy atom. The zero-order valence-electron chi connectivity index (χ0n) is 9.38. The summed E-state index contributed by atoms with van der Waals surface area (Å²) in [6.45, 7) is 0. The van der Waals surface area contributed by atoms with E-state index in [0.717, 1.165) is 0 Å². The molecule has 0 bridgehead atoms. The molecule has 1 aromatic heterocycles. The van der Waals surface area contributed by atoms with Crippen molar-refractivity contribution in [2.75, 3.05) is 0 Å². The smallest absolute Gasteiger partial charge is 0.347 e. The van der Waals surface area contributed by atoms with Gasteiger partial charge in [0.15, 0.2) is 6.29 Å². The van der Waals surface area contributed by atoms with Crippen molar-refractivity contribution in [3.63, 3.8) is 0 Å². The molecule has 0 unspecified atom stereocenters. The van der Waals surface area contributed by atoms with Gasteiger partial charge < -0.3 is 4.57 Å². The molecule has 0 spiro atoms. The second-order valence-electron chi connectivity index (χ2n) is 4.00. The van der Waals surface area contributed by atoms with E-state index in [0.29, 0.717) is 27.2 Å². The maximum absolute atomic E-state index is 12.4. The number of alkyl halides is 3. The first-order valence-electron chi connectivity index (χ1n) is 5.12. The molecule has 0 amide bonds. The van der Waals surface area contributed by atoms with Crippen LogP contribution in [-0.4, -0.2) is 17.0 Å². The van der Waals surface area contributed by atoms with Gasteiger partial charge in [0.2, 0.25) is 0 Å². The van der Waals surface area contributed by atoms with Crippen molar-refractivity contribution < 1.29 is 18.0 Å². The molecule has 0 fully saturated rings. The number of carbonyl (C=O) groups excluding carboxylic acids is 1. The summed E-state index contributed by atoms with van der Waals surface area (Å²) in [4.78, 5) is 11.0. The molecule has 96 valence electrons. The average molecular weight is 320 g/mol. The second kappa shape index (κ2) is 4.42. The Labute approximate surface area is 110 Å². The predicted octanol–water partition coefficient (Wildman–Crippen LogP) is 3.86. The number of aldehydes is 1. The zero-order valence-corrected chi connectivity index (χ0v) is 11.0. The topological polar surface area (TPSA) is 22.0 Å². The minimum atomic E-state index is -4.26. The standard InChI is InChI=1S/C12H9BrF3NO/c1-17-8(5-12(14,15)16)4-7-2-3-10(13)9(6-18)11(7)17/h2-4,6H,5H2,1H3. The molecule has 0 aliphatic heterocycles. The summed E-state index contributed by atoms with van der Waals surface area (Å²) in [6.07, 6.45) is -4.63. The Bertz CT molecular complexity index is 616. The molecule has 2 rings (SSSR count). The van der Waals surface area contributed by atoms with Crippen LogP contribution in [0.3, 0.4) is 0 Å². The van der Waals surface area contributed by atoms with Gasteiger partial charge in [0.25, 0.3) is 0 Å². The Hall–Kier alpha value is -1.30. The van der Waals surface area contributed by atoms with E-state index < -0.39 is 12.6 Å². The maximum atomic E-state index is 12.4. The van der Waals surface area contributed by atoms with Gasteiger partial charge in [0.1, 0.15) is 0 Å². The van der Waals surface area contributed by atoms with Crippen molar-refractivity contribution in [3.8, 4) is 0 Å². The predicted molar refractivity (Wildman–Crippen MR) is 65.8 cm³/mol. The Kier molecular flexibility index (Phi) is 3.23. The highest BCUT2D eigenvalue weighted by Gasteiger charge is 2.29. The zero-order chi connectivity index (χ0) is 13.5. The molecule has 0 saturated carbocycles. The summed E-state index contributed by atoms with van der Waals surface area (Å²) < 4.78 is 39.2. The van der Waals surface area contributed by atoms with Gasteiger partial charge in [-0.25, -0.2) is 0 Å². The molecule has 1 aromatic carbocycles. The quantitative estimate of drug-likeness (QED) is 0.770. The van der Waals surface area contributed by atoms with Crippen LogP contribution in [0.4, 0.5) is 13.2 Å². The summed E-state index contributed by atoms with van der Waals surface area (Å²) >= 11 is 3.22. The second-order valence-corrected chi connectivity index (χ2v) is 4.86. The molecule has 0 aliphatic rings. The van der Waals surface area contributed by atoms with Crippen LogP contribution in [-0.2, 0) is 13.5 Å². The number of rotatable bonds is 2. The van der Waals surface area contributed by atoms with Gasteiger partial charge in [0, 0.05) is 22.6 Å². The van der Waals surface area contributed by atoms with E-state index in [9.17, 15) is 18.0 Å². The van der Waals surface area contributed by atoms with E-state index in [4.69, 9.17) is 0 Å². The fourth-order valence-corrected chi connectivity index (χ4v) is 2.41. The molecular weight excluding hydrogens is 311 g/mol. The normalized spacial score (nSPS) is 12.1. The van der Waals surface area contributed by atoms with Crippen LogP contribution in [0, 0.1) is 0 Å². The number of aryl methyl sites for hydroxylation is 1. The fourth-order valence-electron chi connectivity index (χ4n) is 2.00. The third-order valence-electron chi connectivity index (χ3n) is 2.78. The SMILES string of the molecule is Cn1c(CC(F)(F)F)cc2ccc(Br)c(C=O)c21. The molecule has 0 atom stereocenters. The summed E-state index contributed by atoms with van der Waals surface area (Å²) in [6, 6.07) is 4.80. The molecule has 0 N–H and O–H groups in total. The van der Waals surface area contributed by atoms with Crippen LogP contribution in [0.1, 0.15) is 16.1 Å². The molecule has 2 nitrogen and oxygen atoms in total. The Morgan fingerprint density at radius 2 is 2.06 bits per heavy atom. The molecule has 6 heteroatoms. The summed E-state index contributed by atoms with van der Waals surface area (Å²) in [5.74, 6) is 0. The first-order chi connectivity index (χ1) is 8.33. The van der Waals surface area contributed by atoms with Crippen molar-refractivity contribution >= 4 is 33.1 Å². The number of carbonyl (C=O) groups is 1. The van der Waals surface area contributed by atoms with E-state index in [1.807, 2.05) is 0 Å². The highest BCUT2D eigenvalue weighted by atomic mass is 79.9. The number of fused-ring (bicyclic) bond motifs is 1. The van der Waals surface area contributed by atoms with Crippen molar-refractivity contribution in [3.05, 3.63) is 33.9 Å². The van der Waals surface area contributed by atoms with E-state index >= 15 is 0 Å². The molecule has 0 radical (unpaired) electrons. The van der Waals surface area contributed by atoms with Crippen LogP contribution < -0.4 is 0 Å². The number of hydrogen-bond acceptors (Lipinski definition) is 1. The number of hydrogen-bond donors (Lipinski definition) is 0. The lowest BCUT2D eigenvalue weighted by Gasteiger charge is -2.08. The summed E-state index contributed by atoms with van der Waals surface area (Å²) in [7, 11) is 1.53. The van der Waals surface area contributed by atoms with Gasteiger partial charge in [-0.2, -0.15) is 13.2 Å². The molecule has 0 aliphatic carbocycles. The third kappa shape index (κ3) is 2.29. The fraction of sp³-hybridized carbons (Fsp3) is 0.250. The average Bonchev–Trinajstić information content (AvgIpc) is 2.55. The van der Waals surface area contributed by atoms with Gasteiger partial charge in [-0.15, -0.1) is 0 Å². The highest BCUT2D eigenvalue weighted by molar-refractivity contribution is 9.10. The number of aromatic nitrogens is 1. The van der Waals surface area contributed by atoms with Gasteiger partial charge in [-0.3, -0.25) is 4.79 Å². The monoisotopic (exact) mass is 319 g/mol. The summed E-state index contributed by atoms with van der Waals surface area (Å²) in [5, 5.41) is 0.627. The Morgan fingerprint density at radius 1 is 1.39 bits per heavy atom. The van der Waals surface area contributed by atoms with Crippen molar-refractivity contribution in [2.45, 2.75) is 12.6 Å². The maximum Gasteiger partial charge on any atom is 0.394 e. The largest absolute Gasteiger partial charge is 0.394 e. The minimum Gasteiger partial charge on any atom is -0.347 e. The van der Waals surface area contributed by atoms with Gasteiger partial charge >= 0.3 is 6.18 Å². The molecule has 1 heterocycles. The molecule has 2 aromatic rings. The van der Waals surface area contributed by atoms with Gasteiger partial charge in [-0.05, 0) is 28.1 Å². The van der Waals surface area contributed by atoms with Crippen LogP contribution in [0.2, 0.25) is 0 Å². The lowest BCUT2D eigenvalue weighted by Crippen LogP contribution is -2.14. The van der Waals surface area contributed by atoms with Crippen LogP contribution in [0.15, 0.2) is 22.7 Å². The van der Waals surface area contributed by atoms with E-state index in [-0.39, 0.29) is 5.69 Å². The minimum absolute atomic E-state index is 0.138. The first kappa shape index (κ1) is 13.1. The van der Waals surface area contributed by atoms with E-state index in [2.05, 4.69) is 15.9 Å². The van der Waals surface area contributed by atoms with Crippen molar-refractivity contribution in [1.82, 2.24) is 4.57 Å². The van der Waals surface area contributed by atoms with E-state index in [1.54, 1.807) is 12.1 Å². The molecule has 18 heavy (non-hydrogen) atoms. The van der Waals surface area contributed by atoms with Crippen LogP contribution in [0.5, 0.6) is 0 Å². The highest BCUT2D eigenvalue weighted by Crippen LogP contribution is 2.30. The van der Waals surface area contributed by atoms with Crippen molar-refractivity contribution in [1.29, 1.82) is 0 Å². The molecule has 0 saturated heterocycles. The summed E-state index contributed by atoms with van der Waals surface area (Å²) in [5.41, 5.74) is 1.01. The lowest BCUT2D eigenvalue weighted by atomic mass is 10.1. The van der Waals surface area contributed by atoms with Crippen LogP contribution >= 0.6 is 15.9 Å². The lowest BCUT2D eigenvalue weighted by molar-refractivity contribution is -0.128. The number of nitrogens with zero attached hydrogens (tertiary/aromatic N) is 1. The van der Waals surface area contributed by atoms with Gasteiger partial charge in [-0.1, -0.05) is 6.07 Å². The molecular formula is C12H9BrF3NO. The first-order valence-corrected chi connectivity index (χ1v) is 5.91. The third-order valence-corrected chi connectivity index (χ3v) is 3.47.